The van der Waals surface area contributed by atoms with Crippen molar-refractivity contribution >= 4 is 6.29 Å². The second-order valence-corrected chi connectivity index (χ2v) is 4.35. The molecule has 2 N–H and O–H groups in total. The molecular formula is C16H17NO3. The predicted octanol–water partition coefficient (Wildman–Crippen LogP) is 3.13. The lowest BCUT2D eigenvalue weighted by atomic mass is 9.97. The summed E-state index contributed by atoms with van der Waals surface area (Å²) in [6, 6.07) is 11.3. The maximum absolute atomic E-state index is 11.0. The molecule has 20 heavy (non-hydrogen) atoms. The molecule has 0 bridgehead atoms. The normalized spacial score (nSPS) is 10.2. The van der Waals surface area contributed by atoms with E-state index in [1.54, 1.807) is 6.07 Å². The van der Waals surface area contributed by atoms with Crippen molar-refractivity contribution in [3.8, 4) is 22.6 Å². The van der Waals surface area contributed by atoms with Gasteiger partial charge in [-0.25, -0.2) is 0 Å². The van der Waals surface area contributed by atoms with Crippen LogP contribution in [0.25, 0.3) is 11.1 Å². The van der Waals surface area contributed by atoms with E-state index in [4.69, 9.17) is 15.5 Å². The SMILES string of the molecule is CCOc1ccc(-c2ccc(C=O)c(ON)c2C)cc1. The van der Waals surface area contributed by atoms with Crippen LogP contribution in [0.2, 0.25) is 0 Å². The van der Waals surface area contributed by atoms with Gasteiger partial charge in [-0.05, 0) is 43.2 Å². The Kier molecular flexibility index (Phi) is 4.38. The van der Waals surface area contributed by atoms with Gasteiger partial charge in [0, 0.05) is 5.56 Å². The number of ether oxygens (including phenoxy) is 1. The molecule has 0 heterocycles. The summed E-state index contributed by atoms with van der Waals surface area (Å²) in [4.78, 5) is 15.8. The third kappa shape index (κ3) is 2.65. The van der Waals surface area contributed by atoms with E-state index < -0.39 is 0 Å². The van der Waals surface area contributed by atoms with Crippen LogP contribution in [0.15, 0.2) is 36.4 Å². The zero-order valence-electron chi connectivity index (χ0n) is 11.6. The van der Waals surface area contributed by atoms with E-state index in [2.05, 4.69) is 0 Å². The molecule has 2 aromatic rings. The first-order chi connectivity index (χ1) is 9.71. The lowest BCUT2D eigenvalue weighted by Crippen LogP contribution is -2.07. The van der Waals surface area contributed by atoms with Gasteiger partial charge in [0.25, 0.3) is 0 Å². The minimum Gasteiger partial charge on any atom is -0.494 e. The molecule has 2 rings (SSSR count). The number of carbonyl (C=O) groups excluding carboxylic acids is 1. The van der Waals surface area contributed by atoms with E-state index in [-0.39, 0.29) is 0 Å². The molecule has 0 aliphatic heterocycles. The topological polar surface area (TPSA) is 61.5 Å². The van der Waals surface area contributed by atoms with Gasteiger partial charge in [0.15, 0.2) is 12.0 Å². The summed E-state index contributed by atoms with van der Waals surface area (Å²) in [5.74, 6) is 6.49. The maximum Gasteiger partial charge on any atom is 0.160 e. The Morgan fingerprint density at radius 2 is 1.85 bits per heavy atom. The summed E-state index contributed by atoms with van der Waals surface area (Å²) < 4.78 is 5.42. The van der Waals surface area contributed by atoms with Crippen molar-refractivity contribution < 1.29 is 14.4 Å². The minimum absolute atomic E-state index is 0.409. The highest BCUT2D eigenvalue weighted by Gasteiger charge is 2.12. The van der Waals surface area contributed by atoms with Gasteiger partial charge in [0.05, 0.1) is 12.2 Å². The van der Waals surface area contributed by atoms with Crippen LogP contribution < -0.4 is 15.5 Å². The lowest BCUT2D eigenvalue weighted by Gasteiger charge is -2.12. The van der Waals surface area contributed by atoms with Crippen LogP contribution in [0.5, 0.6) is 11.5 Å². The van der Waals surface area contributed by atoms with Crippen LogP contribution in [0.3, 0.4) is 0 Å². The van der Waals surface area contributed by atoms with Gasteiger partial charge >= 0.3 is 0 Å². The molecule has 0 aliphatic rings. The number of hydrogen-bond acceptors (Lipinski definition) is 4. The van der Waals surface area contributed by atoms with Gasteiger partial charge in [-0.15, -0.1) is 0 Å². The van der Waals surface area contributed by atoms with Crippen molar-refractivity contribution in [1.29, 1.82) is 0 Å². The van der Waals surface area contributed by atoms with E-state index in [0.29, 0.717) is 17.9 Å². The van der Waals surface area contributed by atoms with Crippen LogP contribution in [0.1, 0.15) is 22.8 Å². The summed E-state index contributed by atoms with van der Waals surface area (Å²) in [5, 5.41) is 0. The van der Waals surface area contributed by atoms with E-state index >= 15 is 0 Å². The second-order valence-electron chi connectivity index (χ2n) is 4.35. The molecule has 0 atom stereocenters. The first kappa shape index (κ1) is 14.1. The number of rotatable bonds is 5. The number of nitrogens with two attached hydrogens (primary N) is 1. The van der Waals surface area contributed by atoms with Crippen molar-refractivity contribution in [2.24, 2.45) is 5.90 Å². The standard InChI is InChI=1S/C16H17NO3/c1-3-19-14-7-4-12(5-8-14)15-9-6-13(10-18)16(20-17)11(15)2/h4-10H,3,17H2,1-2H3. The molecule has 0 spiro atoms. The maximum atomic E-state index is 11.0. The average molecular weight is 271 g/mol. The summed E-state index contributed by atoms with van der Waals surface area (Å²) >= 11 is 0. The largest absolute Gasteiger partial charge is 0.494 e. The monoisotopic (exact) mass is 271 g/mol. The average Bonchev–Trinajstić information content (AvgIpc) is 2.48. The predicted molar refractivity (Wildman–Crippen MR) is 78.0 cm³/mol. The summed E-state index contributed by atoms with van der Waals surface area (Å²) in [6.45, 7) is 4.46. The lowest BCUT2D eigenvalue weighted by molar-refractivity contribution is 0.111. The van der Waals surface area contributed by atoms with Gasteiger partial charge in [-0.1, -0.05) is 18.2 Å². The zero-order valence-corrected chi connectivity index (χ0v) is 11.6. The van der Waals surface area contributed by atoms with Crippen molar-refractivity contribution in [2.75, 3.05) is 6.61 Å². The third-order valence-electron chi connectivity index (χ3n) is 3.16. The molecule has 0 amide bonds. The van der Waals surface area contributed by atoms with Crippen molar-refractivity contribution in [3.05, 3.63) is 47.5 Å². The van der Waals surface area contributed by atoms with Gasteiger partial charge in [0.2, 0.25) is 0 Å². The summed E-state index contributed by atoms with van der Waals surface area (Å²) in [7, 11) is 0. The molecule has 0 aliphatic carbocycles. The van der Waals surface area contributed by atoms with Crippen molar-refractivity contribution in [2.45, 2.75) is 13.8 Å². The number of hydrogen-bond donors (Lipinski definition) is 1. The quantitative estimate of drug-likeness (QED) is 0.670. The molecule has 0 fully saturated rings. The van der Waals surface area contributed by atoms with Crippen LogP contribution in [0.4, 0.5) is 0 Å². The van der Waals surface area contributed by atoms with Crippen LogP contribution in [-0.4, -0.2) is 12.9 Å². The van der Waals surface area contributed by atoms with Crippen LogP contribution >= 0.6 is 0 Å². The van der Waals surface area contributed by atoms with Crippen LogP contribution in [-0.2, 0) is 0 Å². The van der Waals surface area contributed by atoms with Gasteiger partial charge in [0.1, 0.15) is 5.75 Å². The highest BCUT2D eigenvalue weighted by molar-refractivity contribution is 5.84. The number of benzene rings is 2. The molecule has 0 aromatic heterocycles. The summed E-state index contributed by atoms with van der Waals surface area (Å²) in [6.07, 6.45) is 0.733. The van der Waals surface area contributed by atoms with Gasteiger partial charge < -0.3 is 9.57 Å². The minimum atomic E-state index is 0.409. The molecule has 4 heteroatoms. The zero-order chi connectivity index (χ0) is 14.5. The van der Waals surface area contributed by atoms with Crippen molar-refractivity contribution in [3.63, 3.8) is 0 Å². The molecule has 104 valence electrons. The van der Waals surface area contributed by atoms with E-state index in [0.717, 1.165) is 28.7 Å². The van der Waals surface area contributed by atoms with E-state index in [1.807, 2.05) is 44.2 Å². The smallest absolute Gasteiger partial charge is 0.160 e. The molecule has 0 saturated heterocycles. The van der Waals surface area contributed by atoms with E-state index in [9.17, 15) is 4.79 Å². The molecular weight excluding hydrogens is 254 g/mol. The molecule has 0 unspecified atom stereocenters. The first-order valence-corrected chi connectivity index (χ1v) is 6.40. The van der Waals surface area contributed by atoms with E-state index in [1.165, 1.54) is 0 Å². The van der Waals surface area contributed by atoms with Gasteiger partial charge in [-0.3, -0.25) is 4.79 Å². The highest BCUT2D eigenvalue weighted by Crippen LogP contribution is 2.32. The second kappa shape index (κ2) is 6.21. The fraction of sp³-hybridized carbons (Fsp3) is 0.188. The van der Waals surface area contributed by atoms with Crippen molar-refractivity contribution in [1.82, 2.24) is 0 Å². The molecule has 2 aromatic carbocycles. The first-order valence-electron chi connectivity index (χ1n) is 6.40. The van der Waals surface area contributed by atoms with Gasteiger partial charge in [-0.2, -0.15) is 5.90 Å². The van der Waals surface area contributed by atoms with Crippen LogP contribution in [0, 0.1) is 6.92 Å². The Balaban J connectivity index is 2.44. The Morgan fingerprint density at radius 3 is 2.40 bits per heavy atom. The Morgan fingerprint density at radius 1 is 1.15 bits per heavy atom. The Bertz CT molecular complexity index is 606. The third-order valence-corrected chi connectivity index (χ3v) is 3.16. The molecule has 0 saturated carbocycles. The molecule has 4 nitrogen and oxygen atoms in total. The number of aldehydes is 1. The Labute approximate surface area is 118 Å². The highest BCUT2D eigenvalue weighted by atomic mass is 16.6. The number of carbonyl (C=O) groups is 1. The fourth-order valence-electron chi connectivity index (χ4n) is 2.17. The summed E-state index contributed by atoms with van der Waals surface area (Å²) in [5.41, 5.74) is 3.27. The Hall–Kier alpha value is -2.33. The molecule has 0 radical (unpaired) electrons. The fourth-order valence-corrected chi connectivity index (χ4v) is 2.17.